The minimum Gasteiger partial charge on any atom is -0.478 e. The molecule has 1 rings (SSSR count). The molecule has 0 radical (unpaired) electrons. The summed E-state index contributed by atoms with van der Waals surface area (Å²) in [6.07, 6.45) is -4.51. The summed E-state index contributed by atoms with van der Waals surface area (Å²) >= 11 is 3.13. The van der Waals surface area contributed by atoms with E-state index in [1.807, 2.05) is 0 Å². The van der Waals surface area contributed by atoms with Gasteiger partial charge in [-0.1, -0.05) is 15.9 Å². The number of nitrogens with one attached hydrogen (secondary N) is 1. The summed E-state index contributed by atoms with van der Waals surface area (Å²) in [5.41, 5.74) is 0.478. The van der Waals surface area contributed by atoms with Gasteiger partial charge in [0.2, 0.25) is 0 Å². The first kappa shape index (κ1) is 17.3. The quantitative estimate of drug-likeness (QED) is 0.857. The van der Waals surface area contributed by atoms with Crippen LogP contribution in [0.15, 0.2) is 16.6 Å². The van der Waals surface area contributed by atoms with Crippen molar-refractivity contribution in [2.75, 3.05) is 18.9 Å². The molecule has 2 N–H and O–H groups in total. The minimum absolute atomic E-state index is 0.0573. The van der Waals surface area contributed by atoms with Gasteiger partial charge in [0.15, 0.2) is 0 Å². The maximum Gasteiger partial charge on any atom is 0.406 e. The average molecular weight is 369 g/mol. The molecule has 0 fully saturated rings. The van der Waals surface area contributed by atoms with E-state index in [1.165, 1.54) is 12.1 Å². The van der Waals surface area contributed by atoms with Gasteiger partial charge in [-0.25, -0.2) is 9.59 Å². The van der Waals surface area contributed by atoms with Crippen molar-refractivity contribution in [1.82, 2.24) is 4.90 Å². The predicted molar refractivity (Wildman–Crippen MR) is 73.5 cm³/mol. The van der Waals surface area contributed by atoms with Gasteiger partial charge in [0, 0.05) is 17.2 Å². The number of halogens is 4. The highest BCUT2D eigenvalue weighted by molar-refractivity contribution is 9.10. The Labute approximate surface area is 126 Å². The average Bonchev–Trinajstić information content (AvgIpc) is 2.30. The zero-order chi connectivity index (χ0) is 16.4. The van der Waals surface area contributed by atoms with Gasteiger partial charge in [-0.3, -0.25) is 0 Å². The van der Waals surface area contributed by atoms with Crippen molar-refractivity contribution in [3.05, 3.63) is 27.7 Å². The standard InChI is InChI=1S/C12H12BrF3N2O3/c1-6-8(10(19)20)3-7(4-9(6)13)17-11(21)18(2)5-12(14,15)16/h3-4H,5H2,1-2H3,(H,17,21)(H,19,20). The number of alkyl halides is 3. The second-order valence-corrected chi connectivity index (χ2v) is 5.19. The van der Waals surface area contributed by atoms with E-state index in [4.69, 9.17) is 5.11 Å². The van der Waals surface area contributed by atoms with Crippen LogP contribution in [0.3, 0.4) is 0 Å². The number of nitrogens with zero attached hydrogens (tertiary/aromatic N) is 1. The summed E-state index contributed by atoms with van der Waals surface area (Å²) in [5, 5.41) is 11.2. The highest BCUT2D eigenvalue weighted by Crippen LogP contribution is 2.25. The van der Waals surface area contributed by atoms with E-state index in [-0.39, 0.29) is 11.3 Å². The molecule has 0 bridgehead atoms. The molecule has 1 aromatic rings. The molecular formula is C12H12BrF3N2O3. The third kappa shape index (κ3) is 4.92. The van der Waals surface area contributed by atoms with Gasteiger partial charge in [-0.15, -0.1) is 0 Å². The number of anilines is 1. The van der Waals surface area contributed by atoms with Crippen molar-refractivity contribution in [2.24, 2.45) is 0 Å². The molecule has 9 heteroatoms. The van der Waals surface area contributed by atoms with Gasteiger partial charge in [0.1, 0.15) is 6.54 Å². The fourth-order valence-electron chi connectivity index (χ4n) is 1.53. The number of carbonyl (C=O) groups is 2. The Hall–Kier alpha value is -1.77. The van der Waals surface area contributed by atoms with Crippen LogP contribution in [0.2, 0.25) is 0 Å². The number of rotatable bonds is 3. The van der Waals surface area contributed by atoms with Gasteiger partial charge >= 0.3 is 18.2 Å². The van der Waals surface area contributed by atoms with Crippen molar-refractivity contribution in [2.45, 2.75) is 13.1 Å². The molecule has 0 atom stereocenters. The van der Waals surface area contributed by atoms with Crippen molar-refractivity contribution < 1.29 is 27.9 Å². The Morgan fingerprint density at radius 1 is 1.38 bits per heavy atom. The van der Waals surface area contributed by atoms with Crippen LogP contribution in [-0.2, 0) is 0 Å². The molecule has 0 aromatic heterocycles. The highest BCUT2D eigenvalue weighted by Gasteiger charge is 2.31. The summed E-state index contributed by atoms with van der Waals surface area (Å²) in [4.78, 5) is 23.1. The van der Waals surface area contributed by atoms with Gasteiger partial charge in [-0.2, -0.15) is 13.2 Å². The van der Waals surface area contributed by atoms with Crippen LogP contribution in [0.4, 0.5) is 23.7 Å². The van der Waals surface area contributed by atoms with E-state index in [0.717, 1.165) is 7.05 Å². The first-order valence-corrected chi connectivity index (χ1v) is 6.43. The molecule has 0 unspecified atom stereocenters. The second-order valence-electron chi connectivity index (χ2n) is 4.34. The topological polar surface area (TPSA) is 69.6 Å². The molecule has 0 aliphatic heterocycles. The number of carbonyl (C=O) groups excluding carboxylic acids is 1. The van der Waals surface area contributed by atoms with Crippen LogP contribution in [0.5, 0.6) is 0 Å². The number of aromatic carboxylic acids is 1. The number of amides is 2. The van der Waals surface area contributed by atoms with Gasteiger partial charge < -0.3 is 15.3 Å². The highest BCUT2D eigenvalue weighted by atomic mass is 79.9. The second kappa shape index (κ2) is 6.33. The number of benzene rings is 1. The van der Waals surface area contributed by atoms with Crippen LogP contribution in [-0.4, -0.2) is 41.8 Å². The number of urea groups is 1. The Morgan fingerprint density at radius 3 is 2.43 bits per heavy atom. The molecule has 0 aliphatic carbocycles. The molecule has 1 aromatic carbocycles. The Balaban J connectivity index is 2.93. The SMILES string of the molecule is Cc1c(Br)cc(NC(=O)N(C)CC(F)(F)F)cc1C(=O)O. The van der Waals surface area contributed by atoms with E-state index < -0.39 is 24.7 Å². The van der Waals surface area contributed by atoms with E-state index >= 15 is 0 Å². The lowest BCUT2D eigenvalue weighted by Gasteiger charge is -2.20. The normalized spacial score (nSPS) is 11.1. The number of hydrogen-bond acceptors (Lipinski definition) is 2. The lowest BCUT2D eigenvalue weighted by Crippen LogP contribution is -2.38. The maximum atomic E-state index is 12.2. The summed E-state index contributed by atoms with van der Waals surface area (Å²) in [6.45, 7) is 0.159. The fourth-order valence-corrected chi connectivity index (χ4v) is 1.99. The molecule has 5 nitrogen and oxygen atoms in total. The van der Waals surface area contributed by atoms with Gasteiger partial charge in [-0.05, 0) is 24.6 Å². The smallest absolute Gasteiger partial charge is 0.406 e. The van der Waals surface area contributed by atoms with E-state index in [0.29, 0.717) is 14.9 Å². The van der Waals surface area contributed by atoms with Crippen LogP contribution in [0.1, 0.15) is 15.9 Å². The first-order chi connectivity index (χ1) is 9.51. The summed E-state index contributed by atoms with van der Waals surface area (Å²) in [7, 11) is 0.990. The van der Waals surface area contributed by atoms with Crippen molar-refractivity contribution in [1.29, 1.82) is 0 Å². The van der Waals surface area contributed by atoms with E-state index in [1.54, 1.807) is 6.92 Å². The fraction of sp³-hybridized carbons (Fsp3) is 0.333. The van der Waals surface area contributed by atoms with Crippen molar-refractivity contribution >= 4 is 33.6 Å². The molecular weight excluding hydrogens is 357 g/mol. The Bertz CT molecular complexity index is 576. The van der Waals surface area contributed by atoms with Crippen molar-refractivity contribution in [3.63, 3.8) is 0 Å². The summed E-state index contributed by atoms with van der Waals surface area (Å²) < 4.78 is 37.0. The van der Waals surface area contributed by atoms with Crippen LogP contribution in [0.25, 0.3) is 0 Å². The number of hydrogen-bond donors (Lipinski definition) is 2. The summed E-state index contributed by atoms with van der Waals surface area (Å²) in [5.74, 6) is -1.20. The first-order valence-electron chi connectivity index (χ1n) is 5.63. The third-order valence-corrected chi connectivity index (χ3v) is 3.41. The van der Waals surface area contributed by atoms with Gasteiger partial charge in [0.05, 0.1) is 5.56 Å². The predicted octanol–water partition coefficient (Wildman–Crippen LogP) is 3.48. The van der Waals surface area contributed by atoms with E-state index in [2.05, 4.69) is 21.2 Å². The maximum absolute atomic E-state index is 12.2. The molecule has 21 heavy (non-hydrogen) atoms. The lowest BCUT2D eigenvalue weighted by molar-refractivity contribution is -0.137. The zero-order valence-corrected chi connectivity index (χ0v) is 12.7. The third-order valence-electron chi connectivity index (χ3n) is 2.59. The van der Waals surface area contributed by atoms with Crippen molar-refractivity contribution in [3.8, 4) is 0 Å². The molecule has 116 valence electrons. The molecule has 0 heterocycles. The molecule has 2 amide bonds. The zero-order valence-electron chi connectivity index (χ0n) is 11.1. The van der Waals surface area contributed by atoms with Crippen LogP contribution < -0.4 is 5.32 Å². The number of carboxylic acid groups (broad SMARTS) is 1. The lowest BCUT2D eigenvalue weighted by atomic mass is 10.1. The molecule has 0 spiro atoms. The largest absolute Gasteiger partial charge is 0.478 e. The molecule has 0 saturated heterocycles. The monoisotopic (exact) mass is 368 g/mol. The molecule has 0 saturated carbocycles. The van der Waals surface area contributed by atoms with Crippen LogP contribution >= 0.6 is 15.9 Å². The Kier molecular flexibility index (Phi) is 5.21. The number of carboxylic acids is 1. The molecule has 0 aliphatic rings. The van der Waals surface area contributed by atoms with Crippen LogP contribution in [0, 0.1) is 6.92 Å². The van der Waals surface area contributed by atoms with E-state index in [9.17, 15) is 22.8 Å². The Morgan fingerprint density at radius 2 is 1.95 bits per heavy atom. The minimum atomic E-state index is -4.51. The van der Waals surface area contributed by atoms with Gasteiger partial charge in [0.25, 0.3) is 0 Å². The summed E-state index contributed by atoms with van der Waals surface area (Å²) in [6, 6.07) is 1.61.